The van der Waals surface area contributed by atoms with Gasteiger partial charge in [-0.25, -0.2) is 4.39 Å². The normalized spacial score (nSPS) is 12.1. The standard InChI is InChI=1S/C19H16FNOS/c1-13(23-18-9-5-4-8-17(18)20)19(22)21-16-11-10-14-6-2-3-7-15(14)12-16/h2-13H,1H3,(H,21,22). The summed E-state index contributed by atoms with van der Waals surface area (Å²) in [6.07, 6.45) is 0. The zero-order valence-corrected chi connectivity index (χ0v) is 13.4. The van der Waals surface area contributed by atoms with E-state index in [1.807, 2.05) is 42.5 Å². The van der Waals surface area contributed by atoms with Gasteiger partial charge in [0.05, 0.1) is 5.25 Å². The van der Waals surface area contributed by atoms with Gasteiger partial charge >= 0.3 is 0 Å². The highest BCUT2D eigenvalue weighted by Gasteiger charge is 2.16. The van der Waals surface area contributed by atoms with Crippen molar-refractivity contribution >= 4 is 34.1 Å². The van der Waals surface area contributed by atoms with E-state index in [4.69, 9.17) is 0 Å². The number of rotatable bonds is 4. The lowest BCUT2D eigenvalue weighted by atomic mass is 10.1. The Kier molecular flexibility index (Phi) is 4.63. The van der Waals surface area contributed by atoms with E-state index in [0.717, 1.165) is 16.5 Å². The molecule has 0 aliphatic carbocycles. The molecule has 4 heteroatoms. The number of benzene rings is 3. The van der Waals surface area contributed by atoms with E-state index < -0.39 is 5.25 Å². The fourth-order valence-electron chi connectivity index (χ4n) is 2.30. The summed E-state index contributed by atoms with van der Waals surface area (Å²) in [5.41, 5.74) is 0.745. The van der Waals surface area contributed by atoms with Crippen LogP contribution in [0.3, 0.4) is 0 Å². The second-order valence-electron chi connectivity index (χ2n) is 5.24. The van der Waals surface area contributed by atoms with Gasteiger partial charge in [-0.1, -0.05) is 42.5 Å². The minimum Gasteiger partial charge on any atom is -0.325 e. The van der Waals surface area contributed by atoms with Crippen molar-refractivity contribution in [1.82, 2.24) is 0 Å². The van der Waals surface area contributed by atoms with Crippen LogP contribution in [0, 0.1) is 5.82 Å². The maximum atomic E-state index is 13.7. The average Bonchev–Trinajstić information content (AvgIpc) is 2.56. The summed E-state index contributed by atoms with van der Waals surface area (Å²) in [6.45, 7) is 1.77. The number of fused-ring (bicyclic) bond motifs is 1. The van der Waals surface area contributed by atoms with Gasteiger partial charge in [-0.3, -0.25) is 4.79 Å². The molecule has 23 heavy (non-hydrogen) atoms. The Bertz CT molecular complexity index is 849. The Morgan fingerprint density at radius 2 is 1.70 bits per heavy atom. The van der Waals surface area contributed by atoms with Crippen molar-refractivity contribution in [2.24, 2.45) is 0 Å². The Morgan fingerprint density at radius 3 is 2.48 bits per heavy atom. The zero-order chi connectivity index (χ0) is 16.2. The number of amides is 1. The second kappa shape index (κ2) is 6.84. The van der Waals surface area contributed by atoms with Crippen molar-refractivity contribution in [3.8, 4) is 0 Å². The summed E-state index contributed by atoms with van der Waals surface area (Å²) in [6, 6.07) is 20.2. The number of hydrogen-bond donors (Lipinski definition) is 1. The zero-order valence-electron chi connectivity index (χ0n) is 12.6. The molecule has 1 N–H and O–H groups in total. The van der Waals surface area contributed by atoms with Gasteiger partial charge in [0.15, 0.2) is 0 Å². The van der Waals surface area contributed by atoms with Crippen LogP contribution in [-0.4, -0.2) is 11.2 Å². The molecule has 0 bridgehead atoms. The van der Waals surface area contributed by atoms with Gasteiger partial charge in [0.25, 0.3) is 0 Å². The predicted octanol–water partition coefficient (Wildman–Crippen LogP) is 5.10. The van der Waals surface area contributed by atoms with Gasteiger partial charge in [0.2, 0.25) is 5.91 Å². The van der Waals surface area contributed by atoms with E-state index in [1.54, 1.807) is 25.1 Å². The van der Waals surface area contributed by atoms with E-state index in [2.05, 4.69) is 5.32 Å². The lowest BCUT2D eigenvalue weighted by molar-refractivity contribution is -0.115. The average molecular weight is 325 g/mol. The highest BCUT2D eigenvalue weighted by molar-refractivity contribution is 8.00. The third kappa shape index (κ3) is 3.71. The molecule has 2 nitrogen and oxygen atoms in total. The quantitative estimate of drug-likeness (QED) is 0.676. The molecule has 0 saturated carbocycles. The van der Waals surface area contributed by atoms with Crippen molar-refractivity contribution in [2.75, 3.05) is 5.32 Å². The van der Waals surface area contributed by atoms with Crippen LogP contribution >= 0.6 is 11.8 Å². The molecule has 0 fully saturated rings. The molecule has 116 valence electrons. The van der Waals surface area contributed by atoms with E-state index in [-0.39, 0.29) is 11.7 Å². The molecular formula is C19H16FNOS. The minimum atomic E-state index is -0.390. The molecule has 1 atom stereocenters. The number of halogens is 1. The molecule has 0 aromatic heterocycles. The van der Waals surface area contributed by atoms with E-state index in [9.17, 15) is 9.18 Å². The molecule has 0 saturated heterocycles. The van der Waals surface area contributed by atoms with Gasteiger partial charge in [0, 0.05) is 10.6 Å². The van der Waals surface area contributed by atoms with Crippen molar-refractivity contribution in [1.29, 1.82) is 0 Å². The molecule has 0 aliphatic heterocycles. The molecule has 0 heterocycles. The van der Waals surface area contributed by atoms with Crippen LogP contribution in [0.4, 0.5) is 10.1 Å². The van der Waals surface area contributed by atoms with E-state index >= 15 is 0 Å². The van der Waals surface area contributed by atoms with Crippen LogP contribution < -0.4 is 5.32 Å². The van der Waals surface area contributed by atoms with Crippen LogP contribution in [-0.2, 0) is 4.79 Å². The van der Waals surface area contributed by atoms with Crippen molar-refractivity contribution in [2.45, 2.75) is 17.1 Å². The van der Waals surface area contributed by atoms with Gasteiger partial charge in [0.1, 0.15) is 5.82 Å². The van der Waals surface area contributed by atoms with Crippen LogP contribution in [0.2, 0.25) is 0 Å². The Labute approximate surface area is 138 Å². The molecule has 0 radical (unpaired) electrons. The third-order valence-corrected chi connectivity index (χ3v) is 4.68. The SMILES string of the molecule is CC(Sc1ccccc1F)C(=O)Nc1ccc2ccccc2c1. The molecule has 0 aliphatic rings. The first-order valence-electron chi connectivity index (χ1n) is 7.34. The first kappa shape index (κ1) is 15.6. The summed E-state index contributed by atoms with van der Waals surface area (Å²) in [5, 5.41) is 4.69. The predicted molar refractivity (Wildman–Crippen MR) is 94.3 cm³/mol. The van der Waals surface area contributed by atoms with Crippen LogP contribution in [0.1, 0.15) is 6.92 Å². The molecule has 3 rings (SSSR count). The fraction of sp³-hybridized carbons (Fsp3) is 0.105. The third-order valence-electron chi connectivity index (χ3n) is 3.53. The minimum absolute atomic E-state index is 0.145. The van der Waals surface area contributed by atoms with E-state index in [0.29, 0.717) is 4.90 Å². The monoisotopic (exact) mass is 325 g/mol. The number of anilines is 1. The van der Waals surface area contributed by atoms with Crippen LogP contribution in [0.15, 0.2) is 71.6 Å². The molecule has 3 aromatic carbocycles. The summed E-state index contributed by atoms with van der Waals surface area (Å²) < 4.78 is 13.7. The number of nitrogens with one attached hydrogen (secondary N) is 1. The number of carbonyl (C=O) groups is 1. The maximum absolute atomic E-state index is 13.7. The largest absolute Gasteiger partial charge is 0.325 e. The van der Waals surface area contributed by atoms with Gasteiger partial charge in [-0.15, -0.1) is 11.8 Å². The molecule has 1 unspecified atom stereocenters. The summed E-state index contributed by atoms with van der Waals surface area (Å²) in [7, 11) is 0. The highest BCUT2D eigenvalue weighted by atomic mass is 32.2. The summed E-state index contributed by atoms with van der Waals surface area (Å²) >= 11 is 1.21. The number of thioether (sulfide) groups is 1. The Hall–Kier alpha value is -2.33. The lowest BCUT2D eigenvalue weighted by Gasteiger charge is -2.13. The van der Waals surface area contributed by atoms with Crippen molar-refractivity contribution in [3.63, 3.8) is 0 Å². The van der Waals surface area contributed by atoms with Gasteiger partial charge in [-0.2, -0.15) is 0 Å². The second-order valence-corrected chi connectivity index (χ2v) is 6.62. The first-order valence-corrected chi connectivity index (χ1v) is 8.22. The molecule has 3 aromatic rings. The van der Waals surface area contributed by atoms with Crippen LogP contribution in [0.5, 0.6) is 0 Å². The Morgan fingerprint density at radius 1 is 1.00 bits per heavy atom. The highest BCUT2D eigenvalue weighted by Crippen LogP contribution is 2.27. The molecule has 0 spiro atoms. The maximum Gasteiger partial charge on any atom is 0.237 e. The lowest BCUT2D eigenvalue weighted by Crippen LogP contribution is -2.22. The topological polar surface area (TPSA) is 29.1 Å². The first-order chi connectivity index (χ1) is 11.1. The van der Waals surface area contributed by atoms with Crippen LogP contribution in [0.25, 0.3) is 10.8 Å². The van der Waals surface area contributed by atoms with Gasteiger partial charge < -0.3 is 5.32 Å². The molecular weight excluding hydrogens is 309 g/mol. The number of hydrogen-bond acceptors (Lipinski definition) is 2. The van der Waals surface area contributed by atoms with Gasteiger partial charge in [-0.05, 0) is 42.0 Å². The smallest absolute Gasteiger partial charge is 0.237 e. The van der Waals surface area contributed by atoms with Crippen molar-refractivity contribution < 1.29 is 9.18 Å². The molecule has 1 amide bonds. The van der Waals surface area contributed by atoms with E-state index in [1.165, 1.54) is 17.8 Å². The number of carbonyl (C=O) groups excluding carboxylic acids is 1. The van der Waals surface area contributed by atoms with Crippen molar-refractivity contribution in [3.05, 3.63) is 72.5 Å². The fourth-order valence-corrected chi connectivity index (χ4v) is 3.18. The summed E-state index contributed by atoms with van der Waals surface area (Å²) in [4.78, 5) is 12.8. The summed E-state index contributed by atoms with van der Waals surface area (Å²) in [5.74, 6) is -0.448. The Balaban J connectivity index is 1.71.